The third-order valence-corrected chi connectivity index (χ3v) is 4.21. The largest absolute Gasteiger partial charge is 0.491 e. The van der Waals surface area contributed by atoms with Crippen molar-refractivity contribution < 1.29 is 9.84 Å². The number of benzene rings is 1. The lowest BCUT2D eigenvalue weighted by molar-refractivity contribution is 0.114. The highest BCUT2D eigenvalue weighted by Gasteiger charge is 2.33. The van der Waals surface area contributed by atoms with Crippen LogP contribution in [0.15, 0.2) is 29.3 Å². The third kappa shape index (κ3) is 6.00. The van der Waals surface area contributed by atoms with Crippen LogP contribution in [0, 0.1) is 9.49 Å². The predicted octanol–water partition coefficient (Wildman–Crippen LogP) is 1.99. The van der Waals surface area contributed by atoms with Gasteiger partial charge in [0, 0.05) is 16.2 Å². The lowest BCUT2D eigenvalue weighted by atomic mass is 10.3. The summed E-state index contributed by atoms with van der Waals surface area (Å²) in [6.45, 7) is 5.61. The molecule has 0 aliphatic heterocycles. The first-order valence-corrected chi connectivity index (χ1v) is 8.77. The van der Waals surface area contributed by atoms with E-state index >= 15 is 0 Å². The summed E-state index contributed by atoms with van der Waals surface area (Å²) >= 11 is 2.25. The molecule has 0 bridgehead atoms. The SMILES string of the molecule is CCNC(=NCC(O)COc1ccc(I)cc1)NC1CC1C. The van der Waals surface area contributed by atoms with Gasteiger partial charge in [0.2, 0.25) is 0 Å². The number of aliphatic imine (C=N–C) groups is 1. The van der Waals surface area contributed by atoms with Gasteiger partial charge in [0.05, 0.1) is 6.54 Å². The Morgan fingerprint density at radius 2 is 2.14 bits per heavy atom. The molecule has 5 nitrogen and oxygen atoms in total. The number of nitrogens with one attached hydrogen (secondary N) is 2. The number of nitrogens with zero attached hydrogens (tertiary/aromatic N) is 1. The van der Waals surface area contributed by atoms with Gasteiger partial charge in [-0.05, 0) is 66.1 Å². The van der Waals surface area contributed by atoms with Gasteiger partial charge in [0.15, 0.2) is 5.96 Å². The van der Waals surface area contributed by atoms with Crippen molar-refractivity contribution in [2.24, 2.45) is 10.9 Å². The molecule has 22 heavy (non-hydrogen) atoms. The average molecular weight is 417 g/mol. The fourth-order valence-electron chi connectivity index (χ4n) is 1.99. The minimum Gasteiger partial charge on any atom is -0.491 e. The highest BCUT2D eigenvalue weighted by molar-refractivity contribution is 14.1. The molecule has 3 N–H and O–H groups in total. The van der Waals surface area contributed by atoms with Crippen LogP contribution in [0.5, 0.6) is 5.75 Å². The molecule has 0 radical (unpaired) electrons. The Hall–Kier alpha value is -1.02. The zero-order valence-corrected chi connectivity index (χ0v) is 15.2. The van der Waals surface area contributed by atoms with Crippen molar-refractivity contribution in [3.8, 4) is 5.75 Å². The number of guanidine groups is 1. The maximum absolute atomic E-state index is 9.99. The molecule has 1 aliphatic carbocycles. The molecule has 2 rings (SSSR count). The minimum absolute atomic E-state index is 0.239. The van der Waals surface area contributed by atoms with Gasteiger partial charge in [0.25, 0.3) is 0 Å². The molecule has 0 aromatic heterocycles. The Balaban J connectivity index is 1.75. The molecule has 1 fully saturated rings. The van der Waals surface area contributed by atoms with Crippen molar-refractivity contribution >= 4 is 28.6 Å². The molecule has 1 aliphatic rings. The van der Waals surface area contributed by atoms with Crippen LogP contribution in [-0.4, -0.2) is 42.9 Å². The fraction of sp³-hybridized carbons (Fsp3) is 0.562. The lowest BCUT2D eigenvalue weighted by Crippen LogP contribution is -2.40. The number of aliphatic hydroxyl groups is 1. The van der Waals surface area contributed by atoms with Crippen LogP contribution in [-0.2, 0) is 0 Å². The van der Waals surface area contributed by atoms with Crippen molar-refractivity contribution in [1.29, 1.82) is 0 Å². The molecule has 0 amide bonds. The summed E-state index contributed by atoms with van der Waals surface area (Å²) in [6, 6.07) is 8.27. The topological polar surface area (TPSA) is 65.9 Å². The third-order valence-electron chi connectivity index (χ3n) is 3.49. The number of hydrogen-bond acceptors (Lipinski definition) is 3. The van der Waals surface area contributed by atoms with E-state index in [4.69, 9.17) is 4.74 Å². The summed E-state index contributed by atoms with van der Waals surface area (Å²) in [4.78, 5) is 4.42. The number of aliphatic hydroxyl groups excluding tert-OH is 1. The van der Waals surface area contributed by atoms with E-state index in [-0.39, 0.29) is 6.61 Å². The van der Waals surface area contributed by atoms with Gasteiger partial charge in [-0.15, -0.1) is 0 Å². The van der Waals surface area contributed by atoms with Crippen LogP contribution in [0.4, 0.5) is 0 Å². The van der Waals surface area contributed by atoms with Crippen LogP contribution in [0.1, 0.15) is 20.3 Å². The molecule has 1 aromatic rings. The van der Waals surface area contributed by atoms with Crippen LogP contribution < -0.4 is 15.4 Å². The second-order valence-electron chi connectivity index (χ2n) is 5.60. The highest BCUT2D eigenvalue weighted by atomic mass is 127. The van der Waals surface area contributed by atoms with Crippen molar-refractivity contribution in [2.45, 2.75) is 32.4 Å². The van der Waals surface area contributed by atoms with E-state index in [1.165, 1.54) is 6.42 Å². The lowest BCUT2D eigenvalue weighted by Gasteiger charge is -2.13. The summed E-state index contributed by atoms with van der Waals surface area (Å²) in [5.74, 6) is 2.24. The molecule has 3 unspecified atom stereocenters. The molecule has 0 saturated heterocycles. The first-order valence-electron chi connectivity index (χ1n) is 7.69. The van der Waals surface area contributed by atoms with Crippen LogP contribution in [0.3, 0.4) is 0 Å². The molecular weight excluding hydrogens is 393 g/mol. The smallest absolute Gasteiger partial charge is 0.191 e. The fourth-order valence-corrected chi connectivity index (χ4v) is 2.35. The molecule has 0 spiro atoms. The summed E-state index contributed by atoms with van der Waals surface area (Å²) in [7, 11) is 0. The summed E-state index contributed by atoms with van der Waals surface area (Å²) in [6.07, 6.45) is 0.564. The van der Waals surface area contributed by atoms with Gasteiger partial charge in [-0.3, -0.25) is 4.99 Å². The highest BCUT2D eigenvalue weighted by Crippen LogP contribution is 2.28. The molecular formula is C16H24IN3O2. The Labute approximate surface area is 145 Å². The Bertz CT molecular complexity index is 493. The normalized spacial score (nSPS) is 22.1. The number of rotatable bonds is 7. The minimum atomic E-state index is -0.619. The maximum Gasteiger partial charge on any atom is 0.191 e. The number of hydrogen-bond donors (Lipinski definition) is 3. The van der Waals surface area contributed by atoms with Crippen molar-refractivity contribution in [3.63, 3.8) is 0 Å². The summed E-state index contributed by atoms with van der Waals surface area (Å²) in [5, 5.41) is 16.6. The molecule has 1 saturated carbocycles. The standard InChI is InChI=1S/C16H24IN3O2/c1-3-18-16(20-15-8-11(15)2)19-9-13(21)10-22-14-6-4-12(17)5-7-14/h4-7,11,13,15,21H,3,8-10H2,1-2H3,(H2,18,19,20). The van der Waals surface area contributed by atoms with Crippen molar-refractivity contribution in [3.05, 3.63) is 27.8 Å². The van der Waals surface area contributed by atoms with Gasteiger partial charge < -0.3 is 20.5 Å². The van der Waals surface area contributed by atoms with Gasteiger partial charge in [-0.1, -0.05) is 6.92 Å². The van der Waals surface area contributed by atoms with Gasteiger partial charge in [-0.2, -0.15) is 0 Å². The first-order chi connectivity index (χ1) is 10.6. The Kier molecular flexibility index (Phi) is 6.75. The Morgan fingerprint density at radius 3 is 2.73 bits per heavy atom. The van der Waals surface area contributed by atoms with Crippen LogP contribution in [0.25, 0.3) is 0 Å². The number of halogens is 1. The van der Waals surface area contributed by atoms with E-state index in [9.17, 15) is 5.11 Å². The zero-order valence-electron chi connectivity index (χ0n) is 13.1. The summed E-state index contributed by atoms with van der Waals surface area (Å²) in [5.41, 5.74) is 0. The monoisotopic (exact) mass is 417 g/mol. The molecule has 1 aromatic carbocycles. The zero-order chi connectivity index (χ0) is 15.9. The van der Waals surface area contributed by atoms with Gasteiger partial charge in [0.1, 0.15) is 18.5 Å². The molecule has 6 heteroatoms. The van der Waals surface area contributed by atoms with E-state index in [1.54, 1.807) is 0 Å². The second-order valence-corrected chi connectivity index (χ2v) is 6.85. The van der Waals surface area contributed by atoms with Crippen molar-refractivity contribution in [2.75, 3.05) is 19.7 Å². The molecule has 0 heterocycles. The summed E-state index contributed by atoms with van der Waals surface area (Å²) < 4.78 is 6.72. The predicted molar refractivity (Wildman–Crippen MR) is 97.3 cm³/mol. The maximum atomic E-state index is 9.99. The van der Waals surface area contributed by atoms with E-state index < -0.39 is 6.10 Å². The quantitative estimate of drug-likeness (QED) is 0.361. The van der Waals surface area contributed by atoms with Gasteiger partial charge in [-0.25, -0.2) is 0 Å². The average Bonchev–Trinajstić information content (AvgIpc) is 3.19. The van der Waals surface area contributed by atoms with E-state index in [1.807, 2.05) is 31.2 Å². The van der Waals surface area contributed by atoms with E-state index in [0.717, 1.165) is 21.8 Å². The van der Waals surface area contributed by atoms with E-state index in [2.05, 4.69) is 45.1 Å². The first kappa shape index (κ1) is 17.3. The molecule has 3 atom stereocenters. The number of ether oxygens (including phenoxy) is 1. The van der Waals surface area contributed by atoms with Crippen LogP contribution in [0.2, 0.25) is 0 Å². The van der Waals surface area contributed by atoms with Gasteiger partial charge >= 0.3 is 0 Å². The second kappa shape index (κ2) is 8.57. The van der Waals surface area contributed by atoms with Crippen LogP contribution >= 0.6 is 22.6 Å². The Morgan fingerprint density at radius 1 is 1.45 bits per heavy atom. The van der Waals surface area contributed by atoms with E-state index in [0.29, 0.717) is 18.5 Å². The van der Waals surface area contributed by atoms with Crippen molar-refractivity contribution in [1.82, 2.24) is 10.6 Å². The molecule has 122 valence electrons.